The zero-order chi connectivity index (χ0) is 8.27. The molecule has 60 valence electrons. The summed E-state index contributed by atoms with van der Waals surface area (Å²) in [6.45, 7) is 2.06. The maximum absolute atomic E-state index is 11.0. The third-order valence-corrected chi connectivity index (χ3v) is 2.27. The van der Waals surface area contributed by atoms with E-state index < -0.39 is 0 Å². The van der Waals surface area contributed by atoms with Crippen LogP contribution in [-0.2, 0) is 6.42 Å². The smallest absolute Gasteiger partial charge is 0.204 e. The number of carbonyl (C=O) groups excluding carboxylic acids is 1. The third-order valence-electron chi connectivity index (χ3n) is 1.34. The standard InChI is InChI=1S/C7H10N2OS/c1-2-5-4-11-7(9-5)6(10)3-8/h4H,2-3,8H2,1H3. The van der Waals surface area contributed by atoms with Gasteiger partial charge in [-0.2, -0.15) is 0 Å². The van der Waals surface area contributed by atoms with Crippen LogP contribution in [0.25, 0.3) is 0 Å². The van der Waals surface area contributed by atoms with E-state index in [0.717, 1.165) is 12.1 Å². The van der Waals surface area contributed by atoms with Gasteiger partial charge < -0.3 is 5.73 Å². The number of ketones is 1. The third kappa shape index (κ3) is 1.85. The summed E-state index contributed by atoms with van der Waals surface area (Å²) in [5.74, 6) is -0.0744. The highest BCUT2D eigenvalue weighted by Crippen LogP contribution is 2.09. The van der Waals surface area contributed by atoms with Gasteiger partial charge >= 0.3 is 0 Å². The summed E-state index contributed by atoms with van der Waals surface area (Å²) < 4.78 is 0. The van der Waals surface area contributed by atoms with Crippen LogP contribution in [0.1, 0.15) is 22.4 Å². The molecule has 0 bridgehead atoms. The monoisotopic (exact) mass is 170 g/mol. The molecule has 0 aromatic carbocycles. The molecule has 0 spiro atoms. The predicted molar refractivity (Wildman–Crippen MR) is 44.9 cm³/mol. The maximum Gasteiger partial charge on any atom is 0.204 e. The van der Waals surface area contributed by atoms with E-state index in [1.165, 1.54) is 11.3 Å². The van der Waals surface area contributed by atoms with Crippen molar-refractivity contribution in [1.82, 2.24) is 4.98 Å². The Kier molecular flexibility index (Phi) is 2.73. The molecule has 1 aromatic heterocycles. The highest BCUT2D eigenvalue weighted by atomic mass is 32.1. The molecule has 0 aliphatic rings. The lowest BCUT2D eigenvalue weighted by atomic mass is 10.4. The van der Waals surface area contributed by atoms with Crippen LogP contribution in [0.15, 0.2) is 5.38 Å². The molecule has 0 fully saturated rings. The molecule has 2 N–H and O–H groups in total. The fraction of sp³-hybridized carbons (Fsp3) is 0.429. The first-order chi connectivity index (χ1) is 5.27. The average molecular weight is 170 g/mol. The van der Waals surface area contributed by atoms with Crippen molar-refractivity contribution >= 4 is 17.1 Å². The molecule has 4 heteroatoms. The van der Waals surface area contributed by atoms with Crippen molar-refractivity contribution in [2.24, 2.45) is 5.73 Å². The van der Waals surface area contributed by atoms with Crippen molar-refractivity contribution in [3.63, 3.8) is 0 Å². The van der Waals surface area contributed by atoms with E-state index in [9.17, 15) is 4.79 Å². The Labute approximate surface area is 69.3 Å². The molecule has 0 atom stereocenters. The number of nitrogens with zero attached hydrogens (tertiary/aromatic N) is 1. The Morgan fingerprint density at radius 2 is 2.55 bits per heavy atom. The van der Waals surface area contributed by atoms with Crippen molar-refractivity contribution < 1.29 is 4.79 Å². The van der Waals surface area contributed by atoms with Crippen LogP contribution in [0.4, 0.5) is 0 Å². The highest BCUT2D eigenvalue weighted by molar-refractivity contribution is 7.11. The first-order valence-corrected chi connectivity index (χ1v) is 4.33. The number of Topliss-reactive ketones (excluding diaryl/α,β-unsaturated/α-hetero) is 1. The summed E-state index contributed by atoms with van der Waals surface area (Å²) in [7, 11) is 0. The lowest BCUT2D eigenvalue weighted by molar-refractivity contribution is 0.100. The number of hydrogen-bond donors (Lipinski definition) is 1. The molecule has 1 heterocycles. The van der Waals surface area contributed by atoms with Crippen LogP contribution >= 0.6 is 11.3 Å². The summed E-state index contributed by atoms with van der Waals surface area (Å²) in [6, 6.07) is 0. The number of aryl methyl sites for hydroxylation is 1. The van der Waals surface area contributed by atoms with Crippen LogP contribution in [-0.4, -0.2) is 17.3 Å². The van der Waals surface area contributed by atoms with Crippen molar-refractivity contribution in [3.8, 4) is 0 Å². The van der Waals surface area contributed by atoms with E-state index >= 15 is 0 Å². The van der Waals surface area contributed by atoms with E-state index in [-0.39, 0.29) is 12.3 Å². The molecule has 1 aromatic rings. The van der Waals surface area contributed by atoms with Gasteiger partial charge in [0.25, 0.3) is 0 Å². The summed E-state index contributed by atoms with van der Waals surface area (Å²) in [5, 5.41) is 2.42. The molecule has 0 saturated heterocycles. The Balaban J connectivity index is 2.80. The number of rotatable bonds is 3. The largest absolute Gasteiger partial charge is 0.324 e. The molecule has 0 radical (unpaired) electrons. The number of nitrogens with two attached hydrogens (primary N) is 1. The maximum atomic E-state index is 11.0. The van der Waals surface area contributed by atoms with Gasteiger partial charge in [-0.15, -0.1) is 11.3 Å². The number of thiazole rings is 1. The van der Waals surface area contributed by atoms with Crippen LogP contribution in [0.2, 0.25) is 0 Å². The molecule has 0 saturated carbocycles. The minimum atomic E-state index is -0.0744. The molecule has 0 unspecified atom stereocenters. The lowest BCUT2D eigenvalue weighted by Gasteiger charge is -1.87. The molecule has 11 heavy (non-hydrogen) atoms. The normalized spacial score (nSPS) is 10.0. The quantitative estimate of drug-likeness (QED) is 0.684. The fourth-order valence-corrected chi connectivity index (χ4v) is 1.54. The molecule has 3 nitrogen and oxygen atoms in total. The van der Waals surface area contributed by atoms with Gasteiger partial charge in [0, 0.05) is 5.38 Å². The van der Waals surface area contributed by atoms with Crippen LogP contribution in [0, 0.1) is 0 Å². The van der Waals surface area contributed by atoms with Gasteiger partial charge in [0.05, 0.1) is 12.2 Å². The summed E-state index contributed by atoms with van der Waals surface area (Å²) in [6.07, 6.45) is 0.869. The van der Waals surface area contributed by atoms with Crippen molar-refractivity contribution in [2.45, 2.75) is 13.3 Å². The Morgan fingerprint density at radius 1 is 1.82 bits per heavy atom. The second-order valence-electron chi connectivity index (χ2n) is 2.12. The topological polar surface area (TPSA) is 56.0 Å². The van der Waals surface area contributed by atoms with Gasteiger partial charge in [-0.25, -0.2) is 4.98 Å². The Bertz CT molecular complexity index is 257. The Morgan fingerprint density at radius 3 is 3.00 bits per heavy atom. The van der Waals surface area contributed by atoms with Gasteiger partial charge in [-0.05, 0) is 6.42 Å². The van der Waals surface area contributed by atoms with Crippen molar-refractivity contribution in [2.75, 3.05) is 6.54 Å². The predicted octanol–water partition coefficient (Wildman–Crippen LogP) is 0.847. The molecular weight excluding hydrogens is 160 g/mol. The van der Waals surface area contributed by atoms with Crippen LogP contribution < -0.4 is 5.73 Å². The second kappa shape index (κ2) is 3.59. The lowest BCUT2D eigenvalue weighted by Crippen LogP contribution is -2.13. The van der Waals surface area contributed by atoms with Crippen LogP contribution in [0.5, 0.6) is 0 Å². The first kappa shape index (κ1) is 8.36. The number of aromatic nitrogens is 1. The van der Waals surface area contributed by atoms with Crippen LogP contribution in [0.3, 0.4) is 0 Å². The van der Waals surface area contributed by atoms with Gasteiger partial charge in [0.15, 0.2) is 5.01 Å². The average Bonchev–Trinajstić information content (AvgIpc) is 2.50. The molecular formula is C7H10N2OS. The summed E-state index contributed by atoms with van der Waals surface area (Å²) in [4.78, 5) is 15.1. The summed E-state index contributed by atoms with van der Waals surface area (Å²) in [5.41, 5.74) is 6.14. The molecule has 0 aliphatic carbocycles. The number of carbonyl (C=O) groups is 1. The van der Waals surface area contributed by atoms with E-state index in [4.69, 9.17) is 5.73 Å². The van der Waals surface area contributed by atoms with E-state index in [1.807, 2.05) is 12.3 Å². The second-order valence-corrected chi connectivity index (χ2v) is 2.98. The molecule has 0 amide bonds. The number of hydrogen-bond acceptors (Lipinski definition) is 4. The van der Waals surface area contributed by atoms with E-state index in [0.29, 0.717) is 5.01 Å². The zero-order valence-corrected chi connectivity index (χ0v) is 7.15. The summed E-state index contributed by atoms with van der Waals surface area (Å²) >= 11 is 1.37. The van der Waals surface area contributed by atoms with Gasteiger partial charge in [0.2, 0.25) is 5.78 Å². The van der Waals surface area contributed by atoms with Gasteiger partial charge in [-0.1, -0.05) is 6.92 Å². The first-order valence-electron chi connectivity index (χ1n) is 3.45. The van der Waals surface area contributed by atoms with Crippen molar-refractivity contribution in [1.29, 1.82) is 0 Å². The fourth-order valence-electron chi connectivity index (χ4n) is 0.685. The van der Waals surface area contributed by atoms with Crippen molar-refractivity contribution in [3.05, 3.63) is 16.1 Å². The SMILES string of the molecule is CCc1csc(C(=O)CN)n1. The van der Waals surface area contributed by atoms with Gasteiger partial charge in [0.1, 0.15) is 0 Å². The minimum absolute atomic E-state index is 0.0522. The zero-order valence-electron chi connectivity index (χ0n) is 6.33. The van der Waals surface area contributed by atoms with Gasteiger partial charge in [-0.3, -0.25) is 4.79 Å². The molecule has 1 rings (SSSR count). The van der Waals surface area contributed by atoms with E-state index in [2.05, 4.69) is 4.98 Å². The minimum Gasteiger partial charge on any atom is -0.324 e. The molecule has 0 aliphatic heterocycles. The van der Waals surface area contributed by atoms with E-state index in [1.54, 1.807) is 0 Å². The highest BCUT2D eigenvalue weighted by Gasteiger charge is 2.07. The Hall–Kier alpha value is -0.740.